The summed E-state index contributed by atoms with van der Waals surface area (Å²) in [4.78, 5) is 10.6. The highest BCUT2D eigenvalue weighted by Gasteiger charge is 2.15. The molecule has 8 nitrogen and oxygen atoms in total. The van der Waals surface area contributed by atoms with Crippen LogP contribution in [0.3, 0.4) is 0 Å². The maximum atomic E-state index is 10.6. The van der Waals surface area contributed by atoms with E-state index in [9.17, 15) is 9.90 Å². The number of aliphatic hydroxyl groups is 1. The summed E-state index contributed by atoms with van der Waals surface area (Å²) < 4.78 is 6.69. The van der Waals surface area contributed by atoms with Gasteiger partial charge in [-0.15, -0.1) is 10.2 Å². The summed E-state index contributed by atoms with van der Waals surface area (Å²) in [5, 5.41) is 29.7. The Balaban J connectivity index is 2.20. The van der Waals surface area contributed by atoms with Gasteiger partial charge in [-0.2, -0.15) is 0 Å². The van der Waals surface area contributed by atoms with Crippen LogP contribution in [0, 0.1) is 6.92 Å². The van der Waals surface area contributed by atoms with Gasteiger partial charge in [0.25, 0.3) is 0 Å². The lowest BCUT2D eigenvalue weighted by molar-refractivity contribution is -0.133. The second kappa shape index (κ2) is 5.85. The minimum Gasteiger partial charge on any atom is -0.481 e. The molecule has 0 fully saturated rings. The Kier molecular flexibility index (Phi) is 4.17. The zero-order valence-electron chi connectivity index (χ0n) is 10.1. The summed E-state index contributed by atoms with van der Waals surface area (Å²) in [6.45, 7) is 1.81. The van der Waals surface area contributed by atoms with Crippen LogP contribution in [0.1, 0.15) is 17.3 Å². The number of carboxylic acid groups (broad SMARTS) is 1. The van der Waals surface area contributed by atoms with Crippen LogP contribution < -0.4 is 0 Å². The van der Waals surface area contributed by atoms with Crippen LogP contribution in [0.2, 0.25) is 0 Å². The molecule has 0 spiro atoms. The van der Waals surface area contributed by atoms with Crippen molar-refractivity contribution in [2.45, 2.75) is 25.2 Å². The van der Waals surface area contributed by atoms with Crippen molar-refractivity contribution in [3.05, 3.63) is 23.3 Å². The van der Waals surface area contributed by atoms with Crippen molar-refractivity contribution >= 4 is 17.7 Å². The normalized spacial score (nSPS) is 10.8. The smallest absolute Gasteiger partial charge is 0.313 e. The minimum absolute atomic E-state index is 0.126. The lowest BCUT2D eigenvalue weighted by Crippen LogP contribution is -2.07. The first kappa shape index (κ1) is 13.6. The molecule has 19 heavy (non-hydrogen) atoms. The van der Waals surface area contributed by atoms with E-state index in [4.69, 9.17) is 9.63 Å². The first-order valence-electron chi connectivity index (χ1n) is 5.40. The van der Waals surface area contributed by atoms with Gasteiger partial charge in [0, 0.05) is 6.07 Å². The lowest BCUT2D eigenvalue weighted by atomic mass is 10.4. The number of aryl methyl sites for hydroxylation is 1. The fraction of sp³-hybridized carbons (Fsp3) is 0.400. The highest BCUT2D eigenvalue weighted by molar-refractivity contribution is 7.99. The molecule has 0 bridgehead atoms. The molecule has 0 aromatic carbocycles. The zero-order valence-corrected chi connectivity index (χ0v) is 10.9. The molecule has 2 rings (SSSR count). The standard InChI is InChI=1S/C10H12N4O4S/c1-6-2-7(18-13-6)3-14-8(4-15)11-12-10(14)19-5-9(16)17/h2,15H,3-5H2,1H3,(H,16,17). The first-order chi connectivity index (χ1) is 9.10. The lowest BCUT2D eigenvalue weighted by Gasteiger charge is -2.05. The molecule has 0 radical (unpaired) electrons. The van der Waals surface area contributed by atoms with Gasteiger partial charge in [0.2, 0.25) is 0 Å². The van der Waals surface area contributed by atoms with E-state index in [-0.39, 0.29) is 12.4 Å². The van der Waals surface area contributed by atoms with E-state index in [1.165, 1.54) is 0 Å². The number of aliphatic carboxylic acids is 1. The Labute approximate surface area is 112 Å². The van der Waals surface area contributed by atoms with E-state index in [0.29, 0.717) is 23.3 Å². The van der Waals surface area contributed by atoms with Crippen LogP contribution in [0.4, 0.5) is 0 Å². The van der Waals surface area contributed by atoms with Gasteiger partial charge in [0.05, 0.1) is 18.0 Å². The molecule has 2 aromatic heterocycles. The molecular weight excluding hydrogens is 272 g/mol. The van der Waals surface area contributed by atoms with Gasteiger partial charge in [-0.3, -0.25) is 9.36 Å². The monoisotopic (exact) mass is 284 g/mol. The Bertz CT molecular complexity index is 580. The topological polar surface area (TPSA) is 114 Å². The molecule has 0 unspecified atom stereocenters. The summed E-state index contributed by atoms with van der Waals surface area (Å²) >= 11 is 1.03. The van der Waals surface area contributed by atoms with Gasteiger partial charge < -0.3 is 14.7 Å². The molecule has 0 atom stereocenters. The van der Waals surface area contributed by atoms with E-state index in [1.54, 1.807) is 17.6 Å². The van der Waals surface area contributed by atoms with Crippen molar-refractivity contribution < 1.29 is 19.5 Å². The Hall–Kier alpha value is -1.87. The number of hydrogen-bond acceptors (Lipinski definition) is 7. The number of aromatic nitrogens is 4. The summed E-state index contributed by atoms with van der Waals surface area (Å²) in [6, 6.07) is 1.76. The van der Waals surface area contributed by atoms with Crippen molar-refractivity contribution in [1.82, 2.24) is 19.9 Å². The number of aliphatic hydroxyl groups excluding tert-OH is 1. The maximum Gasteiger partial charge on any atom is 0.313 e. The van der Waals surface area contributed by atoms with Gasteiger partial charge in [-0.25, -0.2) is 0 Å². The third kappa shape index (κ3) is 3.32. The zero-order chi connectivity index (χ0) is 13.8. The van der Waals surface area contributed by atoms with E-state index in [0.717, 1.165) is 17.5 Å². The third-order valence-corrected chi connectivity index (χ3v) is 3.20. The molecule has 2 aromatic rings. The van der Waals surface area contributed by atoms with Gasteiger partial charge in [-0.1, -0.05) is 16.9 Å². The number of rotatable bonds is 6. The molecule has 9 heteroatoms. The van der Waals surface area contributed by atoms with Crippen LogP contribution in [-0.4, -0.2) is 41.9 Å². The van der Waals surface area contributed by atoms with Crippen molar-refractivity contribution in [2.24, 2.45) is 0 Å². The van der Waals surface area contributed by atoms with Gasteiger partial charge in [0.1, 0.15) is 6.61 Å². The van der Waals surface area contributed by atoms with Gasteiger partial charge >= 0.3 is 5.97 Å². The number of carboxylic acids is 1. The summed E-state index contributed by atoms with van der Waals surface area (Å²) in [5.74, 6) is -0.134. The molecule has 0 saturated carbocycles. The van der Waals surface area contributed by atoms with E-state index < -0.39 is 5.97 Å². The molecular formula is C10H12N4O4S. The Morgan fingerprint density at radius 2 is 2.32 bits per heavy atom. The quantitative estimate of drug-likeness (QED) is 0.727. The van der Waals surface area contributed by atoms with Crippen LogP contribution in [-0.2, 0) is 17.9 Å². The summed E-state index contributed by atoms with van der Waals surface area (Å²) in [5.41, 5.74) is 0.744. The van der Waals surface area contributed by atoms with Crippen molar-refractivity contribution in [2.75, 3.05) is 5.75 Å². The van der Waals surface area contributed by atoms with Gasteiger partial charge in [-0.05, 0) is 6.92 Å². The molecule has 0 aliphatic heterocycles. The highest BCUT2D eigenvalue weighted by Crippen LogP contribution is 2.19. The van der Waals surface area contributed by atoms with E-state index >= 15 is 0 Å². The van der Waals surface area contributed by atoms with Crippen molar-refractivity contribution in [3.63, 3.8) is 0 Å². The fourth-order valence-electron chi connectivity index (χ4n) is 1.47. The summed E-state index contributed by atoms with van der Waals surface area (Å²) in [6.07, 6.45) is 0. The SMILES string of the molecule is Cc1cc(Cn2c(CO)nnc2SCC(=O)O)on1. The molecule has 102 valence electrons. The average Bonchev–Trinajstić information content (AvgIpc) is 2.94. The molecule has 2 N–H and O–H groups in total. The second-order valence-electron chi connectivity index (χ2n) is 3.76. The molecule has 0 saturated heterocycles. The van der Waals surface area contributed by atoms with Gasteiger partial charge in [0.15, 0.2) is 16.7 Å². The minimum atomic E-state index is -0.944. The van der Waals surface area contributed by atoms with Crippen LogP contribution in [0.5, 0.6) is 0 Å². The van der Waals surface area contributed by atoms with Crippen molar-refractivity contribution in [1.29, 1.82) is 0 Å². The predicted octanol–water partition coefficient (Wildman–Crippen LogP) is 0.292. The Morgan fingerprint density at radius 3 is 2.89 bits per heavy atom. The van der Waals surface area contributed by atoms with E-state index in [1.807, 2.05) is 0 Å². The highest BCUT2D eigenvalue weighted by atomic mass is 32.2. The average molecular weight is 284 g/mol. The number of hydrogen-bond donors (Lipinski definition) is 2. The third-order valence-electron chi connectivity index (χ3n) is 2.25. The maximum absolute atomic E-state index is 10.6. The van der Waals surface area contributed by atoms with Crippen molar-refractivity contribution in [3.8, 4) is 0 Å². The Morgan fingerprint density at radius 1 is 1.53 bits per heavy atom. The molecule has 0 amide bonds. The number of nitrogens with zero attached hydrogens (tertiary/aromatic N) is 4. The predicted molar refractivity (Wildman–Crippen MR) is 64.6 cm³/mol. The van der Waals surface area contributed by atoms with Crippen LogP contribution >= 0.6 is 11.8 Å². The molecule has 0 aliphatic rings. The first-order valence-corrected chi connectivity index (χ1v) is 6.38. The summed E-state index contributed by atoms with van der Waals surface area (Å²) in [7, 11) is 0. The second-order valence-corrected chi connectivity index (χ2v) is 4.70. The largest absolute Gasteiger partial charge is 0.481 e. The molecule has 0 aliphatic carbocycles. The number of thioether (sulfide) groups is 1. The fourth-order valence-corrected chi connectivity index (χ4v) is 2.15. The van der Waals surface area contributed by atoms with Crippen LogP contribution in [0.25, 0.3) is 0 Å². The van der Waals surface area contributed by atoms with E-state index in [2.05, 4.69) is 15.4 Å². The molecule has 2 heterocycles. The number of carbonyl (C=O) groups is 1. The van der Waals surface area contributed by atoms with Crippen LogP contribution in [0.15, 0.2) is 15.7 Å².